The molecule has 0 saturated carbocycles. The quantitative estimate of drug-likeness (QED) is 0.450. The Hall–Kier alpha value is -3.12. The molecule has 31 heavy (non-hydrogen) atoms. The molecule has 160 valence electrons. The summed E-state index contributed by atoms with van der Waals surface area (Å²) in [6.07, 6.45) is 2.96. The lowest BCUT2D eigenvalue weighted by atomic mass is 10.1. The largest absolute Gasteiger partial charge is 0.486 e. The molecule has 1 atom stereocenters. The van der Waals surface area contributed by atoms with Crippen LogP contribution in [0.15, 0.2) is 54.7 Å². The SMILES string of the molecule is Cc1ccc2c3c(ccc2n1)OCC(CN(C)CCCn1ccc2ccc(F)cc21)O3. The maximum Gasteiger partial charge on any atom is 0.171 e. The molecule has 5 nitrogen and oxygen atoms in total. The number of fused-ring (bicyclic) bond motifs is 4. The molecule has 1 aliphatic rings. The van der Waals surface area contributed by atoms with E-state index in [9.17, 15) is 4.39 Å². The van der Waals surface area contributed by atoms with E-state index in [1.54, 1.807) is 6.07 Å². The Labute approximate surface area is 181 Å². The number of halogens is 1. The van der Waals surface area contributed by atoms with Gasteiger partial charge in [0.1, 0.15) is 18.5 Å². The van der Waals surface area contributed by atoms with Gasteiger partial charge in [-0.2, -0.15) is 0 Å². The van der Waals surface area contributed by atoms with Crippen LogP contribution in [-0.2, 0) is 6.54 Å². The third-order valence-electron chi connectivity index (χ3n) is 5.82. The predicted octanol–water partition coefficient (Wildman–Crippen LogP) is 4.80. The minimum Gasteiger partial charge on any atom is -0.486 e. The van der Waals surface area contributed by atoms with Gasteiger partial charge in [0.05, 0.1) is 11.0 Å². The monoisotopic (exact) mass is 419 g/mol. The van der Waals surface area contributed by atoms with Gasteiger partial charge in [0, 0.05) is 30.4 Å². The number of aryl methyl sites for hydroxylation is 2. The maximum absolute atomic E-state index is 13.6. The van der Waals surface area contributed by atoms with Crippen molar-refractivity contribution >= 4 is 21.8 Å². The van der Waals surface area contributed by atoms with Gasteiger partial charge in [-0.05, 0) is 80.9 Å². The van der Waals surface area contributed by atoms with E-state index in [2.05, 4.69) is 27.6 Å². The van der Waals surface area contributed by atoms with Gasteiger partial charge >= 0.3 is 0 Å². The maximum atomic E-state index is 13.6. The molecule has 2 aromatic carbocycles. The van der Waals surface area contributed by atoms with Crippen molar-refractivity contribution in [3.8, 4) is 11.5 Å². The van der Waals surface area contributed by atoms with Crippen LogP contribution in [0.5, 0.6) is 11.5 Å². The van der Waals surface area contributed by atoms with Crippen molar-refractivity contribution in [1.29, 1.82) is 0 Å². The van der Waals surface area contributed by atoms with E-state index in [0.717, 1.165) is 65.1 Å². The van der Waals surface area contributed by atoms with Crippen LogP contribution in [0.1, 0.15) is 12.1 Å². The van der Waals surface area contributed by atoms with Gasteiger partial charge < -0.3 is 18.9 Å². The lowest BCUT2D eigenvalue weighted by molar-refractivity contribution is 0.0667. The normalized spacial score (nSPS) is 15.8. The average Bonchev–Trinajstić information content (AvgIpc) is 3.15. The van der Waals surface area contributed by atoms with E-state index < -0.39 is 0 Å². The van der Waals surface area contributed by atoms with Crippen molar-refractivity contribution in [3.63, 3.8) is 0 Å². The number of pyridine rings is 1. The molecule has 0 spiro atoms. The van der Waals surface area contributed by atoms with Crippen molar-refractivity contribution in [1.82, 2.24) is 14.5 Å². The van der Waals surface area contributed by atoms with Crippen LogP contribution in [0.4, 0.5) is 4.39 Å². The van der Waals surface area contributed by atoms with Crippen LogP contribution in [0.3, 0.4) is 0 Å². The second kappa shape index (κ2) is 8.19. The van der Waals surface area contributed by atoms with Gasteiger partial charge in [0.2, 0.25) is 0 Å². The number of hydrogen-bond donors (Lipinski definition) is 0. The number of likely N-dealkylation sites (N-methyl/N-ethyl adjacent to an activating group) is 1. The molecule has 5 rings (SSSR count). The summed E-state index contributed by atoms with van der Waals surface area (Å²) < 4.78 is 28.0. The summed E-state index contributed by atoms with van der Waals surface area (Å²) in [5, 5.41) is 2.06. The molecule has 0 aliphatic carbocycles. The third-order valence-corrected chi connectivity index (χ3v) is 5.82. The number of benzene rings is 2. The summed E-state index contributed by atoms with van der Waals surface area (Å²) in [6, 6.07) is 14.9. The summed E-state index contributed by atoms with van der Waals surface area (Å²) in [4.78, 5) is 6.85. The van der Waals surface area contributed by atoms with Crippen molar-refractivity contribution in [3.05, 3.63) is 66.2 Å². The van der Waals surface area contributed by atoms with Crippen LogP contribution >= 0.6 is 0 Å². The van der Waals surface area contributed by atoms with Gasteiger partial charge in [0.15, 0.2) is 11.5 Å². The Morgan fingerprint density at radius 1 is 1.16 bits per heavy atom. The molecule has 0 fully saturated rings. The number of nitrogens with zero attached hydrogens (tertiary/aromatic N) is 3. The van der Waals surface area contributed by atoms with Gasteiger partial charge in [-0.3, -0.25) is 4.98 Å². The van der Waals surface area contributed by atoms with E-state index >= 15 is 0 Å². The van der Waals surface area contributed by atoms with Gasteiger partial charge in [-0.25, -0.2) is 4.39 Å². The Morgan fingerprint density at radius 3 is 2.97 bits per heavy atom. The van der Waals surface area contributed by atoms with Crippen LogP contribution in [0.2, 0.25) is 0 Å². The summed E-state index contributed by atoms with van der Waals surface area (Å²) in [5.41, 5.74) is 2.85. The molecule has 2 aromatic heterocycles. The first-order valence-corrected chi connectivity index (χ1v) is 10.7. The molecular formula is C25H26FN3O2. The number of ether oxygens (including phenoxy) is 2. The van der Waals surface area contributed by atoms with Crippen LogP contribution in [0, 0.1) is 12.7 Å². The minimum atomic E-state index is -0.197. The summed E-state index contributed by atoms with van der Waals surface area (Å²) in [5.74, 6) is 1.37. The molecule has 4 aromatic rings. The van der Waals surface area contributed by atoms with Crippen LogP contribution in [-0.4, -0.2) is 47.3 Å². The van der Waals surface area contributed by atoms with Gasteiger partial charge in [0.25, 0.3) is 0 Å². The molecule has 0 bridgehead atoms. The van der Waals surface area contributed by atoms with Gasteiger partial charge in [-0.1, -0.05) is 0 Å². The molecule has 0 saturated heterocycles. The summed E-state index contributed by atoms with van der Waals surface area (Å²) in [6.45, 7) is 5.05. The molecule has 1 aliphatic heterocycles. The fourth-order valence-corrected chi connectivity index (χ4v) is 4.27. The predicted molar refractivity (Wildman–Crippen MR) is 120 cm³/mol. The average molecular weight is 420 g/mol. The Bertz CT molecular complexity index is 1240. The van der Waals surface area contributed by atoms with Crippen LogP contribution in [0.25, 0.3) is 21.8 Å². The number of rotatable bonds is 6. The zero-order valence-corrected chi connectivity index (χ0v) is 17.8. The lowest BCUT2D eigenvalue weighted by Crippen LogP contribution is -2.40. The van der Waals surface area contributed by atoms with Gasteiger partial charge in [-0.15, -0.1) is 0 Å². The van der Waals surface area contributed by atoms with E-state index in [4.69, 9.17) is 9.47 Å². The smallest absolute Gasteiger partial charge is 0.171 e. The molecule has 6 heteroatoms. The molecule has 0 amide bonds. The second-order valence-electron chi connectivity index (χ2n) is 8.29. The second-order valence-corrected chi connectivity index (χ2v) is 8.29. The third kappa shape index (κ3) is 4.08. The van der Waals surface area contributed by atoms with Crippen molar-refractivity contribution < 1.29 is 13.9 Å². The van der Waals surface area contributed by atoms with Crippen molar-refractivity contribution in [2.45, 2.75) is 26.0 Å². The van der Waals surface area contributed by atoms with E-state index in [0.29, 0.717) is 6.61 Å². The fourth-order valence-electron chi connectivity index (χ4n) is 4.27. The standard InChI is InChI=1S/C25H26FN3O2/c1-17-4-7-21-22(27-17)8-9-24-25(21)31-20(16-30-24)15-28(2)11-3-12-29-13-10-18-5-6-19(26)14-23(18)29/h4-10,13-14,20H,3,11-12,15-16H2,1-2H3. The Morgan fingerprint density at radius 2 is 2.06 bits per heavy atom. The number of hydrogen-bond acceptors (Lipinski definition) is 4. The molecule has 3 heterocycles. The van der Waals surface area contributed by atoms with E-state index in [1.165, 1.54) is 6.07 Å². The Kier molecular flexibility index (Phi) is 5.24. The van der Waals surface area contributed by atoms with Crippen molar-refractivity contribution in [2.24, 2.45) is 0 Å². The number of aromatic nitrogens is 2. The highest BCUT2D eigenvalue weighted by atomic mass is 19.1. The van der Waals surface area contributed by atoms with Crippen LogP contribution < -0.4 is 9.47 Å². The highest BCUT2D eigenvalue weighted by Gasteiger charge is 2.24. The van der Waals surface area contributed by atoms with E-state index in [-0.39, 0.29) is 11.9 Å². The highest BCUT2D eigenvalue weighted by molar-refractivity contribution is 5.88. The minimum absolute atomic E-state index is 0.0362. The summed E-state index contributed by atoms with van der Waals surface area (Å²) >= 11 is 0. The Balaban J connectivity index is 1.20. The molecule has 1 unspecified atom stereocenters. The highest BCUT2D eigenvalue weighted by Crippen LogP contribution is 2.38. The van der Waals surface area contributed by atoms with E-state index in [1.807, 2.05) is 43.5 Å². The lowest BCUT2D eigenvalue weighted by Gasteiger charge is -2.30. The first-order chi connectivity index (χ1) is 15.1. The zero-order valence-electron chi connectivity index (χ0n) is 17.8. The molecular weight excluding hydrogens is 393 g/mol. The fraction of sp³-hybridized carbons (Fsp3) is 0.320. The summed E-state index contributed by atoms with van der Waals surface area (Å²) in [7, 11) is 2.10. The van der Waals surface area contributed by atoms with Crippen molar-refractivity contribution in [2.75, 3.05) is 26.7 Å². The topological polar surface area (TPSA) is 39.5 Å². The first kappa shape index (κ1) is 19.8. The first-order valence-electron chi connectivity index (χ1n) is 10.7. The molecule has 0 radical (unpaired) electrons. The molecule has 0 N–H and O–H groups in total. The zero-order chi connectivity index (χ0) is 21.4.